The maximum Gasteiger partial charge on any atom is 0.166 e. The SMILES string of the molecule is CNc1nc(C2CC2)nc2c1ncn2Cc1cc(C)ccn1. The molecule has 0 bridgehead atoms. The van der Waals surface area contributed by atoms with Gasteiger partial charge in [0.25, 0.3) is 0 Å². The van der Waals surface area contributed by atoms with Gasteiger partial charge in [-0.3, -0.25) is 4.98 Å². The average molecular weight is 294 g/mol. The van der Waals surface area contributed by atoms with Crippen molar-refractivity contribution in [3.8, 4) is 0 Å². The molecule has 6 heteroatoms. The Balaban J connectivity index is 1.79. The van der Waals surface area contributed by atoms with E-state index in [0.29, 0.717) is 12.5 Å². The van der Waals surface area contributed by atoms with E-state index in [4.69, 9.17) is 4.98 Å². The van der Waals surface area contributed by atoms with Gasteiger partial charge in [-0.1, -0.05) is 0 Å². The summed E-state index contributed by atoms with van der Waals surface area (Å²) in [6.45, 7) is 2.74. The fourth-order valence-corrected chi connectivity index (χ4v) is 2.63. The third kappa shape index (κ3) is 2.30. The maximum atomic E-state index is 4.75. The molecule has 3 aromatic heterocycles. The zero-order valence-electron chi connectivity index (χ0n) is 12.7. The van der Waals surface area contributed by atoms with Gasteiger partial charge < -0.3 is 9.88 Å². The first-order chi connectivity index (χ1) is 10.7. The van der Waals surface area contributed by atoms with E-state index in [2.05, 4.69) is 33.3 Å². The molecule has 0 aliphatic heterocycles. The Hall–Kier alpha value is -2.50. The number of hydrogen-bond acceptors (Lipinski definition) is 5. The van der Waals surface area contributed by atoms with Gasteiger partial charge in [0.05, 0.1) is 18.6 Å². The minimum absolute atomic E-state index is 0.511. The summed E-state index contributed by atoms with van der Waals surface area (Å²) in [5.41, 5.74) is 3.92. The Kier molecular flexibility index (Phi) is 3.03. The summed E-state index contributed by atoms with van der Waals surface area (Å²) in [5.74, 6) is 2.25. The highest BCUT2D eigenvalue weighted by molar-refractivity contribution is 5.83. The van der Waals surface area contributed by atoms with E-state index >= 15 is 0 Å². The van der Waals surface area contributed by atoms with Crippen LogP contribution < -0.4 is 5.32 Å². The molecule has 0 saturated heterocycles. The lowest BCUT2D eigenvalue weighted by molar-refractivity contribution is 0.781. The van der Waals surface area contributed by atoms with Crippen molar-refractivity contribution in [2.75, 3.05) is 12.4 Å². The largest absolute Gasteiger partial charge is 0.371 e. The number of nitrogens with zero attached hydrogens (tertiary/aromatic N) is 5. The Bertz CT molecular complexity index is 834. The minimum Gasteiger partial charge on any atom is -0.371 e. The molecule has 4 rings (SSSR count). The first-order valence-corrected chi connectivity index (χ1v) is 7.56. The van der Waals surface area contributed by atoms with Crippen molar-refractivity contribution in [2.45, 2.75) is 32.2 Å². The van der Waals surface area contributed by atoms with Gasteiger partial charge in [0, 0.05) is 19.2 Å². The molecule has 1 N–H and O–H groups in total. The first kappa shape index (κ1) is 13.2. The first-order valence-electron chi connectivity index (χ1n) is 7.56. The van der Waals surface area contributed by atoms with E-state index in [0.717, 1.165) is 28.5 Å². The van der Waals surface area contributed by atoms with Gasteiger partial charge in [0.2, 0.25) is 0 Å². The van der Waals surface area contributed by atoms with Crippen molar-refractivity contribution in [3.05, 3.63) is 41.7 Å². The summed E-state index contributed by atoms with van der Waals surface area (Å²) in [4.78, 5) is 18.3. The summed E-state index contributed by atoms with van der Waals surface area (Å²) in [6.07, 6.45) is 6.03. The van der Waals surface area contributed by atoms with Gasteiger partial charge in [-0.15, -0.1) is 0 Å². The molecule has 0 spiro atoms. The molecule has 0 amide bonds. The Morgan fingerprint density at radius 2 is 2.14 bits per heavy atom. The Morgan fingerprint density at radius 3 is 2.86 bits per heavy atom. The van der Waals surface area contributed by atoms with E-state index < -0.39 is 0 Å². The number of aromatic nitrogens is 5. The molecule has 1 fully saturated rings. The lowest BCUT2D eigenvalue weighted by Crippen LogP contribution is -2.05. The standard InChI is InChI=1S/C16H18N6/c1-10-5-6-18-12(7-10)8-22-9-19-13-15(17-2)20-14(11-3-4-11)21-16(13)22/h5-7,9,11H,3-4,8H2,1-2H3,(H,17,20,21). The Morgan fingerprint density at radius 1 is 1.27 bits per heavy atom. The smallest absolute Gasteiger partial charge is 0.166 e. The van der Waals surface area contributed by atoms with E-state index in [1.54, 1.807) is 0 Å². The van der Waals surface area contributed by atoms with Crippen LogP contribution in [0.1, 0.15) is 35.8 Å². The zero-order chi connectivity index (χ0) is 15.1. The Labute approximate surface area is 128 Å². The highest BCUT2D eigenvalue weighted by Gasteiger charge is 2.28. The number of imidazole rings is 1. The van der Waals surface area contributed by atoms with Crippen molar-refractivity contribution < 1.29 is 0 Å². The van der Waals surface area contributed by atoms with Gasteiger partial charge in [0.15, 0.2) is 11.5 Å². The number of hydrogen-bond donors (Lipinski definition) is 1. The van der Waals surface area contributed by atoms with Crippen LogP contribution in [0.5, 0.6) is 0 Å². The molecule has 3 heterocycles. The van der Waals surface area contributed by atoms with Crippen molar-refractivity contribution in [2.24, 2.45) is 0 Å². The average Bonchev–Trinajstić information content (AvgIpc) is 3.30. The van der Waals surface area contributed by atoms with Crippen LogP contribution in [0.25, 0.3) is 11.2 Å². The predicted octanol–water partition coefficient (Wildman–Crippen LogP) is 2.50. The summed E-state index contributed by atoms with van der Waals surface area (Å²) in [5, 5.41) is 3.14. The molecular weight excluding hydrogens is 276 g/mol. The highest BCUT2D eigenvalue weighted by Crippen LogP contribution is 2.39. The predicted molar refractivity (Wildman–Crippen MR) is 84.9 cm³/mol. The molecule has 1 saturated carbocycles. The number of aryl methyl sites for hydroxylation is 1. The van der Waals surface area contributed by atoms with Crippen LogP contribution in [-0.4, -0.2) is 31.6 Å². The molecule has 0 unspecified atom stereocenters. The van der Waals surface area contributed by atoms with Crippen LogP contribution in [0.3, 0.4) is 0 Å². The van der Waals surface area contributed by atoms with Crippen LogP contribution in [0.4, 0.5) is 5.82 Å². The molecule has 1 aliphatic rings. The van der Waals surface area contributed by atoms with Gasteiger partial charge in [0.1, 0.15) is 11.3 Å². The van der Waals surface area contributed by atoms with Gasteiger partial charge in [-0.2, -0.15) is 0 Å². The molecule has 3 aromatic rings. The van der Waals surface area contributed by atoms with Crippen molar-refractivity contribution in [1.82, 2.24) is 24.5 Å². The second kappa shape index (κ2) is 5.05. The fourth-order valence-electron chi connectivity index (χ4n) is 2.63. The van der Waals surface area contributed by atoms with Gasteiger partial charge in [-0.25, -0.2) is 15.0 Å². The van der Waals surface area contributed by atoms with Crippen LogP contribution in [0.15, 0.2) is 24.7 Å². The molecule has 112 valence electrons. The minimum atomic E-state index is 0.511. The van der Waals surface area contributed by atoms with E-state index in [-0.39, 0.29) is 0 Å². The highest BCUT2D eigenvalue weighted by atomic mass is 15.2. The molecule has 0 aromatic carbocycles. The summed E-state index contributed by atoms with van der Waals surface area (Å²) in [6, 6.07) is 4.09. The molecule has 0 radical (unpaired) electrons. The van der Waals surface area contributed by atoms with Crippen LogP contribution >= 0.6 is 0 Å². The lowest BCUT2D eigenvalue weighted by Gasteiger charge is -2.07. The molecule has 6 nitrogen and oxygen atoms in total. The maximum absolute atomic E-state index is 4.75. The van der Waals surface area contributed by atoms with E-state index in [9.17, 15) is 0 Å². The van der Waals surface area contributed by atoms with Crippen molar-refractivity contribution in [1.29, 1.82) is 0 Å². The zero-order valence-corrected chi connectivity index (χ0v) is 12.7. The number of anilines is 1. The topological polar surface area (TPSA) is 68.5 Å². The van der Waals surface area contributed by atoms with Gasteiger partial charge >= 0.3 is 0 Å². The second-order valence-electron chi connectivity index (χ2n) is 5.82. The second-order valence-corrected chi connectivity index (χ2v) is 5.82. The molecule has 1 aliphatic carbocycles. The number of nitrogens with one attached hydrogen (secondary N) is 1. The molecule has 22 heavy (non-hydrogen) atoms. The fraction of sp³-hybridized carbons (Fsp3) is 0.375. The van der Waals surface area contributed by atoms with Crippen LogP contribution in [0, 0.1) is 6.92 Å². The van der Waals surface area contributed by atoms with E-state index in [1.165, 1.54) is 18.4 Å². The summed E-state index contributed by atoms with van der Waals surface area (Å²) in [7, 11) is 1.87. The normalized spacial score (nSPS) is 14.5. The van der Waals surface area contributed by atoms with Crippen LogP contribution in [0.2, 0.25) is 0 Å². The summed E-state index contributed by atoms with van der Waals surface area (Å²) < 4.78 is 2.05. The lowest BCUT2D eigenvalue weighted by atomic mass is 10.2. The quantitative estimate of drug-likeness (QED) is 0.800. The van der Waals surface area contributed by atoms with Crippen LogP contribution in [-0.2, 0) is 6.54 Å². The summed E-state index contributed by atoms with van der Waals surface area (Å²) >= 11 is 0. The van der Waals surface area contributed by atoms with Crippen molar-refractivity contribution in [3.63, 3.8) is 0 Å². The molecular formula is C16H18N6. The number of pyridine rings is 1. The van der Waals surface area contributed by atoms with Gasteiger partial charge in [-0.05, 0) is 37.5 Å². The number of rotatable bonds is 4. The van der Waals surface area contributed by atoms with Crippen molar-refractivity contribution >= 4 is 17.0 Å². The monoisotopic (exact) mass is 294 g/mol. The third-order valence-corrected chi connectivity index (χ3v) is 3.96. The molecule has 0 atom stereocenters. The number of fused-ring (bicyclic) bond motifs is 1. The van der Waals surface area contributed by atoms with E-state index in [1.807, 2.05) is 30.2 Å². The third-order valence-electron chi connectivity index (χ3n) is 3.96.